The minimum Gasteiger partial charge on any atom is -0.310 e. The Bertz CT molecular complexity index is 495. The van der Waals surface area contributed by atoms with Crippen LogP contribution in [0.5, 0.6) is 0 Å². The Morgan fingerprint density at radius 2 is 1.31 bits per heavy atom. The highest BCUT2D eigenvalue weighted by Gasteiger charge is 2.28. The average molecular weight is 224 g/mol. The molecule has 0 radical (unpaired) electrons. The molecular formula is C12H20N2O2. The van der Waals surface area contributed by atoms with Crippen molar-refractivity contribution in [3.8, 4) is 0 Å². The van der Waals surface area contributed by atoms with E-state index in [2.05, 4.69) is 9.97 Å². The van der Waals surface area contributed by atoms with Crippen LogP contribution in [0.4, 0.5) is 0 Å². The Kier molecular flexibility index (Phi) is 2.88. The number of nitrogens with one attached hydrogen (secondary N) is 2. The molecule has 0 saturated carbocycles. The zero-order valence-electron chi connectivity index (χ0n) is 10.8. The minimum absolute atomic E-state index is 0.254. The number of aromatic nitrogens is 2. The summed E-state index contributed by atoms with van der Waals surface area (Å²) in [4.78, 5) is 28.2. The Morgan fingerprint density at radius 1 is 0.812 bits per heavy atom. The molecule has 0 saturated heterocycles. The van der Waals surface area contributed by atoms with Gasteiger partial charge in [0.05, 0.1) is 0 Å². The van der Waals surface area contributed by atoms with Crippen LogP contribution in [0, 0.1) is 0 Å². The summed E-state index contributed by atoms with van der Waals surface area (Å²) >= 11 is 0. The molecule has 0 spiro atoms. The zero-order chi connectivity index (χ0) is 12.7. The van der Waals surface area contributed by atoms with Gasteiger partial charge in [0, 0.05) is 16.7 Å². The molecule has 4 nitrogen and oxygen atoms in total. The van der Waals surface area contributed by atoms with Gasteiger partial charge in [-0.2, -0.15) is 0 Å². The van der Waals surface area contributed by atoms with Crippen LogP contribution in [0.3, 0.4) is 0 Å². The molecule has 0 bridgehead atoms. The minimum atomic E-state index is -0.442. The second kappa shape index (κ2) is 3.61. The topological polar surface area (TPSA) is 65.7 Å². The standard InChI is InChI=1S/C12H20N2O2/c1-11(2,3)7-8(12(4,5)6)13-10(16)14-9(7)15/h1-6H3,(H2,13,14,15,16). The second-order valence-electron chi connectivity index (χ2n) is 6.16. The molecule has 1 aromatic heterocycles. The van der Waals surface area contributed by atoms with E-state index in [0.29, 0.717) is 11.3 Å². The summed E-state index contributed by atoms with van der Waals surface area (Å²) in [6.45, 7) is 11.8. The summed E-state index contributed by atoms with van der Waals surface area (Å²) in [5.74, 6) is 0. The highest BCUT2D eigenvalue weighted by atomic mass is 16.2. The van der Waals surface area contributed by atoms with E-state index in [0.717, 1.165) is 0 Å². The van der Waals surface area contributed by atoms with Gasteiger partial charge < -0.3 is 4.98 Å². The Hall–Kier alpha value is -1.32. The SMILES string of the molecule is CC(C)(C)c1[nH]c(=O)[nH]c(=O)c1C(C)(C)C. The molecule has 0 atom stereocenters. The van der Waals surface area contributed by atoms with Crippen LogP contribution in [0.25, 0.3) is 0 Å². The predicted octanol–water partition coefficient (Wildman–Crippen LogP) is 1.66. The fourth-order valence-corrected chi connectivity index (χ4v) is 1.76. The van der Waals surface area contributed by atoms with Crippen molar-refractivity contribution < 1.29 is 0 Å². The monoisotopic (exact) mass is 224 g/mol. The molecule has 1 heterocycles. The van der Waals surface area contributed by atoms with E-state index < -0.39 is 5.69 Å². The van der Waals surface area contributed by atoms with Gasteiger partial charge in [-0.25, -0.2) is 4.79 Å². The largest absolute Gasteiger partial charge is 0.325 e. The van der Waals surface area contributed by atoms with Gasteiger partial charge in [-0.3, -0.25) is 9.78 Å². The lowest BCUT2D eigenvalue weighted by atomic mass is 9.79. The van der Waals surface area contributed by atoms with Crippen molar-refractivity contribution in [3.05, 3.63) is 32.1 Å². The number of hydrogen-bond donors (Lipinski definition) is 2. The van der Waals surface area contributed by atoms with Crippen LogP contribution < -0.4 is 11.2 Å². The summed E-state index contributed by atoms with van der Waals surface area (Å²) in [5.41, 5.74) is 0.0913. The van der Waals surface area contributed by atoms with Crippen LogP contribution in [0.1, 0.15) is 52.8 Å². The summed E-state index contributed by atoms with van der Waals surface area (Å²) in [6.07, 6.45) is 0. The number of aromatic amines is 2. The van der Waals surface area contributed by atoms with E-state index in [1.54, 1.807) is 0 Å². The summed E-state index contributed by atoms with van der Waals surface area (Å²) in [7, 11) is 0. The van der Waals surface area contributed by atoms with Crippen molar-refractivity contribution in [2.75, 3.05) is 0 Å². The van der Waals surface area contributed by atoms with Gasteiger partial charge in [-0.1, -0.05) is 41.5 Å². The summed E-state index contributed by atoms with van der Waals surface area (Å²) in [5, 5.41) is 0. The van der Waals surface area contributed by atoms with E-state index in [1.807, 2.05) is 41.5 Å². The molecule has 90 valence electrons. The van der Waals surface area contributed by atoms with Crippen molar-refractivity contribution in [1.29, 1.82) is 0 Å². The number of hydrogen-bond acceptors (Lipinski definition) is 2. The maximum atomic E-state index is 11.9. The van der Waals surface area contributed by atoms with Gasteiger partial charge in [0.15, 0.2) is 0 Å². The van der Waals surface area contributed by atoms with Gasteiger partial charge >= 0.3 is 5.69 Å². The normalized spacial score (nSPS) is 12.9. The maximum Gasteiger partial charge on any atom is 0.325 e. The van der Waals surface area contributed by atoms with Gasteiger partial charge in [-0.05, 0) is 5.41 Å². The first-order valence-electron chi connectivity index (χ1n) is 5.41. The Balaban J connectivity index is 3.72. The smallest absolute Gasteiger partial charge is 0.310 e. The highest BCUT2D eigenvalue weighted by Crippen LogP contribution is 2.28. The van der Waals surface area contributed by atoms with E-state index in [1.165, 1.54) is 0 Å². The lowest BCUT2D eigenvalue weighted by Crippen LogP contribution is -2.37. The van der Waals surface area contributed by atoms with Crippen LogP contribution >= 0.6 is 0 Å². The van der Waals surface area contributed by atoms with Crippen LogP contribution in [0.2, 0.25) is 0 Å². The Labute approximate surface area is 95.1 Å². The molecule has 1 rings (SSSR count). The lowest BCUT2D eigenvalue weighted by Gasteiger charge is -2.27. The molecule has 0 aliphatic carbocycles. The number of rotatable bonds is 0. The van der Waals surface area contributed by atoms with Gasteiger partial charge in [0.25, 0.3) is 5.56 Å². The molecule has 0 aromatic carbocycles. The molecule has 4 heteroatoms. The lowest BCUT2D eigenvalue weighted by molar-refractivity contribution is 0.502. The average Bonchev–Trinajstić information content (AvgIpc) is 1.97. The van der Waals surface area contributed by atoms with Crippen LogP contribution in [-0.2, 0) is 10.8 Å². The first kappa shape index (κ1) is 12.7. The molecule has 0 amide bonds. The van der Waals surface area contributed by atoms with Crippen LogP contribution in [-0.4, -0.2) is 9.97 Å². The molecule has 0 aliphatic heterocycles. The predicted molar refractivity (Wildman–Crippen MR) is 65.1 cm³/mol. The van der Waals surface area contributed by atoms with Gasteiger partial charge in [-0.15, -0.1) is 0 Å². The third-order valence-electron chi connectivity index (χ3n) is 2.44. The quantitative estimate of drug-likeness (QED) is 0.703. The van der Waals surface area contributed by atoms with Gasteiger partial charge in [0.1, 0.15) is 0 Å². The van der Waals surface area contributed by atoms with E-state index in [-0.39, 0.29) is 16.4 Å². The van der Waals surface area contributed by atoms with Crippen molar-refractivity contribution in [1.82, 2.24) is 9.97 Å². The fraction of sp³-hybridized carbons (Fsp3) is 0.667. The summed E-state index contributed by atoms with van der Waals surface area (Å²) in [6, 6.07) is 0. The van der Waals surface area contributed by atoms with E-state index >= 15 is 0 Å². The highest BCUT2D eigenvalue weighted by molar-refractivity contribution is 5.29. The molecule has 0 fully saturated rings. The van der Waals surface area contributed by atoms with E-state index in [9.17, 15) is 9.59 Å². The zero-order valence-corrected chi connectivity index (χ0v) is 10.8. The molecule has 1 aromatic rings. The van der Waals surface area contributed by atoms with Crippen molar-refractivity contribution >= 4 is 0 Å². The molecular weight excluding hydrogens is 204 g/mol. The molecule has 0 aliphatic rings. The maximum absolute atomic E-state index is 11.9. The fourth-order valence-electron chi connectivity index (χ4n) is 1.76. The third-order valence-corrected chi connectivity index (χ3v) is 2.44. The van der Waals surface area contributed by atoms with Crippen molar-refractivity contribution in [3.63, 3.8) is 0 Å². The first-order chi connectivity index (χ1) is 7.03. The molecule has 2 N–H and O–H groups in total. The van der Waals surface area contributed by atoms with Crippen molar-refractivity contribution in [2.45, 2.75) is 52.4 Å². The summed E-state index contributed by atoms with van der Waals surface area (Å²) < 4.78 is 0. The molecule has 0 unspecified atom stereocenters. The Morgan fingerprint density at radius 3 is 1.69 bits per heavy atom. The second-order valence-corrected chi connectivity index (χ2v) is 6.16. The third kappa shape index (κ3) is 2.43. The number of H-pyrrole nitrogens is 2. The van der Waals surface area contributed by atoms with Crippen molar-refractivity contribution in [2.24, 2.45) is 0 Å². The van der Waals surface area contributed by atoms with Gasteiger partial charge in [0.2, 0.25) is 0 Å². The van der Waals surface area contributed by atoms with Crippen LogP contribution in [0.15, 0.2) is 9.59 Å². The first-order valence-corrected chi connectivity index (χ1v) is 5.41. The molecule has 16 heavy (non-hydrogen) atoms. The van der Waals surface area contributed by atoms with E-state index in [4.69, 9.17) is 0 Å².